The summed E-state index contributed by atoms with van der Waals surface area (Å²) in [7, 11) is 0. The van der Waals surface area contributed by atoms with Gasteiger partial charge in [-0.3, -0.25) is 5.32 Å². The van der Waals surface area contributed by atoms with E-state index >= 15 is 0 Å². The fourth-order valence-corrected chi connectivity index (χ4v) is 2.36. The third-order valence-corrected chi connectivity index (χ3v) is 3.56. The first-order valence-electron chi connectivity index (χ1n) is 6.16. The van der Waals surface area contributed by atoms with E-state index in [1.165, 1.54) is 17.4 Å². The lowest BCUT2D eigenvalue weighted by atomic mass is 10.3. The van der Waals surface area contributed by atoms with Crippen LogP contribution in [0.25, 0.3) is 0 Å². The van der Waals surface area contributed by atoms with E-state index in [1.807, 2.05) is 0 Å². The topological polar surface area (TPSA) is 81.7 Å². The number of urea groups is 1. The highest BCUT2D eigenvalue weighted by atomic mass is 32.1. The lowest BCUT2D eigenvalue weighted by Crippen LogP contribution is -2.36. The van der Waals surface area contributed by atoms with Gasteiger partial charge in [-0.1, -0.05) is 13.8 Å². The monoisotopic (exact) mass is 285 g/mol. The molecule has 0 aliphatic rings. The van der Waals surface area contributed by atoms with Gasteiger partial charge in [0.25, 0.3) is 0 Å². The average molecular weight is 285 g/mol. The fourth-order valence-electron chi connectivity index (χ4n) is 1.59. The molecule has 0 radical (unpaired) electrons. The highest BCUT2D eigenvalue weighted by molar-refractivity contribution is 7.14. The van der Waals surface area contributed by atoms with E-state index in [-0.39, 0.29) is 11.6 Å². The van der Waals surface area contributed by atoms with Gasteiger partial charge >= 0.3 is 12.0 Å². The number of nitrogens with zero attached hydrogens (tertiary/aromatic N) is 1. The van der Waals surface area contributed by atoms with Crippen LogP contribution in [0.5, 0.6) is 0 Å². The number of carboxylic acids is 1. The van der Waals surface area contributed by atoms with Crippen molar-refractivity contribution >= 4 is 28.3 Å². The van der Waals surface area contributed by atoms with E-state index in [4.69, 9.17) is 5.11 Å². The number of thiophene rings is 1. The number of likely N-dealkylation sites (N-methyl/N-ethyl adjacent to an activating group) is 1. The third kappa shape index (κ3) is 4.88. The maximum absolute atomic E-state index is 11.6. The number of aromatic carboxylic acids is 1. The van der Waals surface area contributed by atoms with Crippen molar-refractivity contribution in [2.24, 2.45) is 0 Å². The van der Waals surface area contributed by atoms with E-state index in [1.54, 1.807) is 5.38 Å². The van der Waals surface area contributed by atoms with Crippen LogP contribution < -0.4 is 10.6 Å². The van der Waals surface area contributed by atoms with Crippen LogP contribution in [0.3, 0.4) is 0 Å². The fraction of sp³-hybridized carbons (Fsp3) is 0.500. The summed E-state index contributed by atoms with van der Waals surface area (Å²) in [6, 6.07) is 1.09. The molecule has 7 heteroatoms. The molecule has 0 fully saturated rings. The van der Waals surface area contributed by atoms with Crippen molar-refractivity contribution in [3.05, 3.63) is 17.0 Å². The molecule has 106 valence electrons. The van der Waals surface area contributed by atoms with E-state index in [0.29, 0.717) is 11.5 Å². The molecule has 0 unspecified atom stereocenters. The summed E-state index contributed by atoms with van der Waals surface area (Å²) in [6.07, 6.45) is 0. The average Bonchev–Trinajstić information content (AvgIpc) is 2.83. The van der Waals surface area contributed by atoms with Crippen LogP contribution in [0.2, 0.25) is 0 Å². The quantitative estimate of drug-likeness (QED) is 0.715. The van der Waals surface area contributed by atoms with Crippen molar-refractivity contribution in [3.63, 3.8) is 0 Å². The summed E-state index contributed by atoms with van der Waals surface area (Å²) >= 11 is 1.19. The van der Waals surface area contributed by atoms with Crippen molar-refractivity contribution in [2.75, 3.05) is 31.5 Å². The number of carbonyl (C=O) groups is 2. The predicted molar refractivity (Wildman–Crippen MR) is 76.1 cm³/mol. The van der Waals surface area contributed by atoms with E-state index in [9.17, 15) is 9.59 Å². The zero-order valence-electron chi connectivity index (χ0n) is 11.1. The Labute approximate surface area is 116 Å². The molecule has 0 aliphatic heterocycles. The Morgan fingerprint density at radius 3 is 2.63 bits per heavy atom. The number of rotatable bonds is 7. The van der Waals surface area contributed by atoms with Gasteiger partial charge < -0.3 is 15.3 Å². The zero-order chi connectivity index (χ0) is 14.3. The molecule has 1 aromatic heterocycles. The van der Waals surface area contributed by atoms with Crippen LogP contribution in [0.15, 0.2) is 11.4 Å². The van der Waals surface area contributed by atoms with Gasteiger partial charge in [0.05, 0.1) is 5.56 Å². The van der Waals surface area contributed by atoms with Crippen molar-refractivity contribution in [1.29, 1.82) is 0 Å². The predicted octanol–water partition coefficient (Wildman–Crippen LogP) is 1.91. The number of carboxylic acid groups (broad SMARTS) is 1. The molecule has 19 heavy (non-hydrogen) atoms. The lowest BCUT2D eigenvalue weighted by molar-refractivity contribution is 0.0698. The van der Waals surface area contributed by atoms with Crippen LogP contribution in [-0.4, -0.2) is 48.2 Å². The second kappa shape index (κ2) is 7.75. The number of hydrogen-bond acceptors (Lipinski definition) is 4. The Bertz CT molecular complexity index is 430. The summed E-state index contributed by atoms with van der Waals surface area (Å²) in [6.45, 7) is 7.31. The highest BCUT2D eigenvalue weighted by Crippen LogP contribution is 2.22. The molecular formula is C12H19N3O3S. The summed E-state index contributed by atoms with van der Waals surface area (Å²) in [5, 5.41) is 16.2. The maximum atomic E-state index is 11.6. The number of hydrogen-bond donors (Lipinski definition) is 3. The number of amides is 2. The smallest absolute Gasteiger partial charge is 0.338 e. The molecule has 0 saturated heterocycles. The standard InChI is InChI=1S/C12H19N3O3S/c1-3-15(4-2)7-6-13-12(18)14-10-9(11(16)17)5-8-19-10/h5,8H,3-4,6-7H2,1-2H3,(H,16,17)(H2,13,14,18). The van der Waals surface area contributed by atoms with E-state index in [2.05, 4.69) is 29.4 Å². The Hall–Kier alpha value is -1.60. The molecule has 0 spiro atoms. The van der Waals surface area contributed by atoms with Gasteiger partial charge in [0, 0.05) is 13.1 Å². The largest absolute Gasteiger partial charge is 0.478 e. The summed E-state index contributed by atoms with van der Waals surface area (Å²) in [4.78, 5) is 24.7. The van der Waals surface area contributed by atoms with Gasteiger partial charge in [-0.05, 0) is 24.5 Å². The number of nitrogens with one attached hydrogen (secondary N) is 2. The molecule has 3 N–H and O–H groups in total. The molecule has 0 bridgehead atoms. The molecule has 0 saturated carbocycles. The second-order valence-electron chi connectivity index (χ2n) is 3.88. The maximum Gasteiger partial charge on any atom is 0.338 e. The molecule has 1 rings (SSSR count). The first kappa shape index (κ1) is 15.5. The van der Waals surface area contributed by atoms with Gasteiger partial charge in [0.1, 0.15) is 5.00 Å². The number of carbonyl (C=O) groups excluding carboxylic acids is 1. The van der Waals surface area contributed by atoms with Gasteiger partial charge in [-0.2, -0.15) is 0 Å². The van der Waals surface area contributed by atoms with Crippen molar-refractivity contribution < 1.29 is 14.7 Å². The first-order chi connectivity index (χ1) is 9.08. The normalized spacial score (nSPS) is 10.5. The van der Waals surface area contributed by atoms with Crippen molar-refractivity contribution in [3.8, 4) is 0 Å². The van der Waals surface area contributed by atoms with Gasteiger partial charge in [-0.15, -0.1) is 11.3 Å². The summed E-state index contributed by atoms with van der Waals surface area (Å²) in [5.74, 6) is -1.04. The number of anilines is 1. The molecule has 1 heterocycles. The van der Waals surface area contributed by atoms with Gasteiger partial charge in [0.15, 0.2) is 0 Å². The minimum atomic E-state index is -1.04. The lowest BCUT2D eigenvalue weighted by Gasteiger charge is -2.17. The van der Waals surface area contributed by atoms with Crippen LogP contribution in [0, 0.1) is 0 Å². The Morgan fingerprint density at radius 2 is 2.05 bits per heavy atom. The molecule has 6 nitrogen and oxygen atoms in total. The van der Waals surface area contributed by atoms with Crippen LogP contribution >= 0.6 is 11.3 Å². The van der Waals surface area contributed by atoms with Crippen LogP contribution in [-0.2, 0) is 0 Å². The SMILES string of the molecule is CCN(CC)CCNC(=O)Nc1sccc1C(=O)O. The minimum absolute atomic E-state index is 0.115. The molecule has 0 aromatic carbocycles. The minimum Gasteiger partial charge on any atom is -0.478 e. The van der Waals surface area contributed by atoms with Crippen molar-refractivity contribution in [1.82, 2.24) is 10.2 Å². The second-order valence-corrected chi connectivity index (χ2v) is 4.79. The van der Waals surface area contributed by atoms with E-state index in [0.717, 1.165) is 19.6 Å². The highest BCUT2D eigenvalue weighted by Gasteiger charge is 2.13. The van der Waals surface area contributed by atoms with Gasteiger partial charge in [-0.25, -0.2) is 9.59 Å². The Morgan fingerprint density at radius 1 is 1.37 bits per heavy atom. The Kier molecular flexibility index (Phi) is 6.31. The zero-order valence-corrected chi connectivity index (χ0v) is 11.9. The first-order valence-corrected chi connectivity index (χ1v) is 7.04. The molecular weight excluding hydrogens is 266 g/mol. The van der Waals surface area contributed by atoms with Crippen LogP contribution in [0.1, 0.15) is 24.2 Å². The van der Waals surface area contributed by atoms with Crippen LogP contribution in [0.4, 0.5) is 9.80 Å². The van der Waals surface area contributed by atoms with E-state index < -0.39 is 5.97 Å². The van der Waals surface area contributed by atoms with Gasteiger partial charge in [0.2, 0.25) is 0 Å². The third-order valence-electron chi connectivity index (χ3n) is 2.73. The molecule has 2 amide bonds. The van der Waals surface area contributed by atoms with Crippen molar-refractivity contribution in [2.45, 2.75) is 13.8 Å². The summed E-state index contributed by atoms with van der Waals surface area (Å²) in [5.41, 5.74) is 0.115. The Balaban J connectivity index is 2.39. The molecule has 0 atom stereocenters. The molecule has 0 aliphatic carbocycles. The summed E-state index contributed by atoms with van der Waals surface area (Å²) < 4.78 is 0. The molecule has 1 aromatic rings.